The molecule has 0 fully saturated rings. The molecular weight excluding hydrogens is 244 g/mol. The van der Waals surface area contributed by atoms with E-state index in [1.165, 1.54) is 16.9 Å². The number of carbonyl (C=O) groups is 2. The molecule has 0 unspecified atom stereocenters. The number of ether oxygens (including phenoxy) is 1. The topological polar surface area (TPSA) is 70.1 Å². The zero-order valence-corrected chi connectivity index (χ0v) is 11.3. The van der Waals surface area contributed by atoms with E-state index in [0.29, 0.717) is 13.2 Å². The molecule has 0 bridgehead atoms. The molecule has 0 aromatic heterocycles. The molecule has 6 nitrogen and oxygen atoms in total. The van der Waals surface area contributed by atoms with Crippen molar-refractivity contribution in [3.8, 4) is 0 Å². The Morgan fingerprint density at radius 1 is 1.35 bits per heavy atom. The second-order valence-electron chi connectivity index (χ2n) is 3.51. The minimum Gasteiger partial charge on any atom is -0.480 e. The summed E-state index contributed by atoms with van der Waals surface area (Å²) < 4.78 is 4.86. The van der Waals surface area contributed by atoms with Crippen LogP contribution >= 0.6 is 11.8 Å². The van der Waals surface area contributed by atoms with Crippen molar-refractivity contribution in [1.82, 2.24) is 9.80 Å². The van der Waals surface area contributed by atoms with Gasteiger partial charge in [-0.05, 0) is 6.26 Å². The van der Waals surface area contributed by atoms with E-state index in [-0.39, 0.29) is 19.1 Å². The van der Waals surface area contributed by atoms with Gasteiger partial charge in [0.15, 0.2) is 0 Å². The molecule has 0 rings (SSSR count). The Bertz CT molecular complexity index is 250. The standard InChI is InChI=1S/C10H20N2O4S/c1-11(5-7-17-3)10(15)12(4-6-16-2)8-9(13)14/h4-8H2,1-3H3,(H,13,14). The highest BCUT2D eigenvalue weighted by Crippen LogP contribution is 2.00. The Balaban J connectivity index is 4.33. The maximum atomic E-state index is 11.9. The van der Waals surface area contributed by atoms with Crippen LogP contribution in [-0.4, -0.2) is 79.3 Å². The van der Waals surface area contributed by atoms with Gasteiger partial charge in [0.05, 0.1) is 6.61 Å². The van der Waals surface area contributed by atoms with Gasteiger partial charge in [0.1, 0.15) is 6.54 Å². The van der Waals surface area contributed by atoms with Crippen molar-refractivity contribution in [2.24, 2.45) is 0 Å². The molecule has 0 saturated carbocycles. The van der Waals surface area contributed by atoms with E-state index in [1.54, 1.807) is 18.8 Å². The van der Waals surface area contributed by atoms with Gasteiger partial charge in [-0.1, -0.05) is 0 Å². The average molecular weight is 264 g/mol. The molecule has 17 heavy (non-hydrogen) atoms. The highest BCUT2D eigenvalue weighted by molar-refractivity contribution is 7.98. The van der Waals surface area contributed by atoms with Gasteiger partial charge in [0.2, 0.25) is 0 Å². The third-order valence-corrected chi connectivity index (χ3v) is 2.71. The van der Waals surface area contributed by atoms with Gasteiger partial charge in [-0.25, -0.2) is 4.79 Å². The van der Waals surface area contributed by atoms with Crippen molar-refractivity contribution in [1.29, 1.82) is 0 Å². The number of aliphatic carboxylic acids is 1. The molecule has 0 atom stereocenters. The van der Waals surface area contributed by atoms with Gasteiger partial charge in [0.25, 0.3) is 0 Å². The summed E-state index contributed by atoms with van der Waals surface area (Å²) in [6.07, 6.45) is 1.96. The predicted octanol–water partition coefficient (Wildman–Crippen LogP) is 0.434. The lowest BCUT2D eigenvalue weighted by Crippen LogP contribution is -2.45. The first-order valence-electron chi connectivity index (χ1n) is 5.22. The average Bonchev–Trinajstić information content (AvgIpc) is 2.29. The molecule has 0 spiro atoms. The molecule has 100 valence electrons. The van der Waals surface area contributed by atoms with Gasteiger partial charge in [-0.3, -0.25) is 4.79 Å². The second kappa shape index (κ2) is 9.12. The van der Waals surface area contributed by atoms with Crippen molar-refractivity contribution in [2.75, 3.05) is 52.4 Å². The van der Waals surface area contributed by atoms with Crippen LogP contribution in [0, 0.1) is 0 Å². The minimum atomic E-state index is -1.02. The maximum Gasteiger partial charge on any atom is 0.323 e. The molecule has 0 saturated heterocycles. The molecule has 0 aliphatic carbocycles. The number of carboxylic acids is 1. The number of carboxylic acid groups (broad SMARTS) is 1. The van der Waals surface area contributed by atoms with Gasteiger partial charge < -0.3 is 19.6 Å². The van der Waals surface area contributed by atoms with Crippen molar-refractivity contribution in [3.05, 3.63) is 0 Å². The first kappa shape index (κ1) is 16.1. The van der Waals surface area contributed by atoms with Crippen LogP contribution in [0.4, 0.5) is 4.79 Å². The summed E-state index contributed by atoms with van der Waals surface area (Å²) >= 11 is 1.64. The largest absolute Gasteiger partial charge is 0.480 e. The van der Waals surface area contributed by atoms with E-state index >= 15 is 0 Å². The fourth-order valence-corrected chi connectivity index (χ4v) is 1.63. The molecule has 0 radical (unpaired) electrons. The summed E-state index contributed by atoms with van der Waals surface area (Å²) in [5, 5.41) is 8.73. The summed E-state index contributed by atoms with van der Waals surface area (Å²) in [7, 11) is 3.18. The third kappa shape index (κ3) is 7.06. The fraction of sp³-hybridized carbons (Fsp3) is 0.800. The maximum absolute atomic E-state index is 11.9. The molecule has 0 heterocycles. The number of amides is 2. The van der Waals surface area contributed by atoms with Crippen LogP contribution in [0.5, 0.6) is 0 Å². The van der Waals surface area contributed by atoms with E-state index in [9.17, 15) is 9.59 Å². The molecule has 0 aromatic carbocycles. The zero-order valence-electron chi connectivity index (χ0n) is 10.5. The van der Waals surface area contributed by atoms with Crippen LogP contribution in [0.1, 0.15) is 0 Å². The molecule has 7 heteroatoms. The van der Waals surface area contributed by atoms with E-state index < -0.39 is 5.97 Å². The van der Waals surface area contributed by atoms with Crippen molar-refractivity contribution >= 4 is 23.8 Å². The van der Waals surface area contributed by atoms with Crippen LogP contribution in [0.15, 0.2) is 0 Å². The monoisotopic (exact) mass is 264 g/mol. The second-order valence-corrected chi connectivity index (χ2v) is 4.49. The lowest BCUT2D eigenvalue weighted by molar-refractivity contribution is -0.137. The first-order valence-corrected chi connectivity index (χ1v) is 6.62. The number of methoxy groups -OCH3 is 1. The van der Waals surface area contributed by atoms with Crippen LogP contribution in [-0.2, 0) is 9.53 Å². The van der Waals surface area contributed by atoms with Gasteiger partial charge in [-0.2, -0.15) is 11.8 Å². The number of rotatable bonds is 8. The van der Waals surface area contributed by atoms with E-state index in [1.807, 2.05) is 6.26 Å². The fourth-order valence-electron chi connectivity index (χ4n) is 1.17. The lowest BCUT2D eigenvalue weighted by atomic mass is 10.4. The normalized spacial score (nSPS) is 10.1. The minimum absolute atomic E-state index is 0.279. The number of urea groups is 1. The molecule has 0 aliphatic rings. The van der Waals surface area contributed by atoms with Crippen LogP contribution in [0.3, 0.4) is 0 Å². The first-order chi connectivity index (χ1) is 8.02. The van der Waals surface area contributed by atoms with Crippen LogP contribution in [0.2, 0.25) is 0 Å². The van der Waals surface area contributed by atoms with Crippen LogP contribution in [0.25, 0.3) is 0 Å². The summed E-state index contributed by atoms with van der Waals surface area (Å²) in [5.41, 5.74) is 0. The summed E-state index contributed by atoms with van der Waals surface area (Å²) in [6, 6.07) is -0.279. The number of carbonyl (C=O) groups excluding carboxylic acids is 1. The number of thioether (sulfide) groups is 1. The molecule has 0 aromatic rings. The van der Waals surface area contributed by atoms with Gasteiger partial charge in [-0.15, -0.1) is 0 Å². The number of hydrogen-bond acceptors (Lipinski definition) is 4. The van der Waals surface area contributed by atoms with Crippen molar-refractivity contribution < 1.29 is 19.4 Å². The molecule has 1 N–H and O–H groups in total. The Labute approximate surface area is 106 Å². The quantitative estimate of drug-likeness (QED) is 0.688. The lowest BCUT2D eigenvalue weighted by Gasteiger charge is -2.26. The smallest absolute Gasteiger partial charge is 0.323 e. The molecule has 0 aliphatic heterocycles. The SMILES string of the molecule is COCCN(CC(=O)O)C(=O)N(C)CCSC. The Morgan fingerprint density at radius 3 is 2.47 bits per heavy atom. The van der Waals surface area contributed by atoms with Crippen LogP contribution < -0.4 is 0 Å². The molecular formula is C10H20N2O4S. The Kier molecular flexibility index (Phi) is 8.61. The summed E-state index contributed by atoms with van der Waals surface area (Å²) in [5.74, 6) is -0.194. The van der Waals surface area contributed by atoms with Crippen molar-refractivity contribution in [2.45, 2.75) is 0 Å². The number of hydrogen-bond donors (Lipinski definition) is 1. The van der Waals surface area contributed by atoms with Gasteiger partial charge in [0, 0.05) is 33.0 Å². The van der Waals surface area contributed by atoms with Crippen molar-refractivity contribution in [3.63, 3.8) is 0 Å². The van der Waals surface area contributed by atoms with Gasteiger partial charge >= 0.3 is 12.0 Å². The highest BCUT2D eigenvalue weighted by Gasteiger charge is 2.19. The molecule has 2 amide bonds. The van der Waals surface area contributed by atoms with E-state index in [2.05, 4.69) is 0 Å². The van der Waals surface area contributed by atoms with E-state index in [4.69, 9.17) is 9.84 Å². The third-order valence-electron chi connectivity index (χ3n) is 2.12. The number of nitrogens with zero attached hydrogens (tertiary/aromatic N) is 2. The Morgan fingerprint density at radius 2 is 2.00 bits per heavy atom. The predicted molar refractivity (Wildman–Crippen MR) is 67.5 cm³/mol. The summed E-state index contributed by atoms with van der Waals surface area (Å²) in [6.45, 7) is 0.912. The zero-order chi connectivity index (χ0) is 13.3. The van der Waals surface area contributed by atoms with E-state index in [0.717, 1.165) is 5.75 Å². The summed E-state index contributed by atoms with van der Waals surface area (Å²) in [4.78, 5) is 25.4. The highest BCUT2D eigenvalue weighted by atomic mass is 32.2. The Hall–Kier alpha value is -0.950.